The standard InChI is InChI=1S/C26H31FN4O4/c27-20-5-1-4-19(11-20)23(33)30-25-12-17-10-18(13-25)15-26(14-17,16-25)31-24(34)35-22-7-2-6-21(29-22)28-8-3-9-32/h1-2,4-7,11,17-18,32H,3,8-10,12-16H2,(H,28,29)(H,30,33)(H,31,34). The molecule has 4 aliphatic carbocycles. The lowest BCUT2D eigenvalue weighted by molar-refractivity contribution is -0.0449. The van der Waals surface area contributed by atoms with Gasteiger partial charge in [0.25, 0.3) is 5.91 Å². The van der Waals surface area contributed by atoms with E-state index in [0.717, 1.165) is 32.1 Å². The Morgan fingerprint density at radius 1 is 1.06 bits per heavy atom. The van der Waals surface area contributed by atoms with Gasteiger partial charge in [-0.2, -0.15) is 4.98 Å². The van der Waals surface area contributed by atoms with Gasteiger partial charge in [-0.15, -0.1) is 0 Å². The Balaban J connectivity index is 1.26. The fourth-order valence-corrected chi connectivity index (χ4v) is 6.70. The van der Waals surface area contributed by atoms with Crippen LogP contribution in [0.3, 0.4) is 0 Å². The van der Waals surface area contributed by atoms with Crippen molar-refractivity contribution in [2.24, 2.45) is 11.8 Å². The average Bonchev–Trinajstić information content (AvgIpc) is 2.78. The quantitative estimate of drug-likeness (QED) is 0.428. The van der Waals surface area contributed by atoms with E-state index < -0.39 is 23.0 Å². The van der Waals surface area contributed by atoms with Crippen molar-refractivity contribution in [3.05, 3.63) is 53.8 Å². The van der Waals surface area contributed by atoms with Gasteiger partial charge in [0.15, 0.2) is 0 Å². The predicted octanol–water partition coefficient (Wildman–Crippen LogP) is 3.62. The van der Waals surface area contributed by atoms with Gasteiger partial charge in [0.1, 0.15) is 11.6 Å². The number of nitrogens with one attached hydrogen (secondary N) is 3. The van der Waals surface area contributed by atoms with Crippen molar-refractivity contribution < 1.29 is 23.8 Å². The third-order valence-electron chi connectivity index (χ3n) is 7.46. The van der Waals surface area contributed by atoms with Crippen molar-refractivity contribution in [1.82, 2.24) is 15.6 Å². The molecule has 0 spiro atoms. The first-order valence-corrected chi connectivity index (χ1v) is 12.3. The van der Waals surface area contributed by atoms with Gasteiger partial charge in [0, 0.05) is 35.9 Å². The molecule has 0 radical (unpaired) electrons. The molecule has 2 aromatic rings. The van der Waals surface area contributed by atoms with Crippen molar-refractivity contribution in [3.63, 3.8) is 0 Å². The number of hydrogen-bond donors (Lipinski definition) is 4. The minimum atomic E-state index is -0.557. The molecular formula is C26H31FN4O4. The predicted molar refractivity (Wildman–Crippen MR) is 128 cm³/mol. The molecule has 35 heavy (non-hydrogen) atoms. The zero-order valence-corrected chi connectivity index (χ0v) is 19.6. The molecule has 1 aromatic carbocycles. The van der Waals surface area contributed by atoms with E-state index in [0.29, 0.717) is 42.6 Å². The summed E-state index contributed by atoms with van der Waals surface area (Å²) in [6.07, 6.45) is 5.20. The number of anilines is 1. The van der Waals surface area contributed by atoms with Crippen LogP contribution in [0.2, 0.25) is 0 Å². The first-order valence-electron chi connectivity index (χ1n) is 12.3. The first kappa shape index (κ1) is 23.5. The molecule has 2 amide bonds. The van der Waals surface area contributed by atoms with Crippen molar-refractivity contribution in [2.45, 2.75) is 56.0 Å². The van der Waals surface area contributed by atoms with Crippen LogP contribution in [0.5, 0.6) is 5.88 Å². The van der Waals surface area contributed by atoms with E-state index in [-0.39, 0.29) is 18.4 Å². The summed E-state index contributed by atoms with van der Waals surface area (Å²) in [4.78, 5) is 30.2. The monoisotopic (exact) mass is 482 g/mol. The highest BCUT2D eigenvalue weighted by atomic mass is 19.1. The number of aliphatic hydroxyl groups is 1. The number of rotatable bonds is 8. The number of amides is 2. The molecule has 4 aliphatic rings. The highest BCUT2D eigenvalue weighted by Crippen LogP contribution is 2.57. The molecule has 4 bridgehead atoms. The number of ether oxygens (including phenoxy) is 1. The first-order chi connectivity index (χ1) is 16.9. The number of carbonyl (C=O) groups excluding carboxylic acids is 2. The van der Waals surface area contributed by atoms with Crippen LogP contribution < -0.4 is 20.7 Å². The molecule has 0 saturated heterocycles. The Labute approximate surface area is 203 Å². The Morgan fingerprint density at radius 2 is 1.77 bits per heavy atom. The number of halogens is 1. The average molecular weight is 483 g/mol. The number of benzene rings is 1. The number of pyridine rings is 1. The van der Waals surface area contributed by atoms with Gasteiger partial charge in [0.2, 0.25) is 5.88 Å². The van der Waals surface area contributed by atoms with Gasteiger partial charge in [-0.1, -0.05) is 12.1 Å². The van der Waals surface area contributed by atoms with Gasteiger partial charge in [-0.05, 0) is 81.0 Å². The summed E-state index contributed by atoms with van der Waals surface area (Å²) in [6.45, 7) is 0.647. The lowest BCUT2D eigenvalue weighted by atomic mass is 9.50. The highest BCUT2D eigenvalue weighted by molar-refractivity contribution is 5.94. The molecule has 9 heteroatoms. The Morgan fingerprint density at radius 3 is 2.49 bits per heavy atom. The van der Waals surface area contributed by atoms with E-state index in [9.17, 15) is 14.0 Å². The number of hydrogen-bond acceptors (Lipinski definition) is 6. The smallest absolute Gasteiger partial charge is 0.396 e. The number of nitrogens with zero attached hydrogens (tertiary/aromatic N) is 1. The van der Waals surface area contributed by atoms with Crippen LogP contribution in [-0.4, -0.2) is 46.3 Å². The van der Waals surface area contributed by atoms with E-state index in [1.54, 1.807) is 24.3 Å². The largest absolute Gasteiger partial charge is 0.414 e. The zero-order chi connectivity index (χ0) is 24.5. The normalized spacial score (nSPS) is 28.4. The van der Waals surface area contributed by atoms with Gasteiger partial charge in [0.05, 0.1) is 0 Å². The topological polar surface area (TPSA) is 113 Å². The summed E-state index contributed by atoms with van der Waals surface area (Å²) < 4.78 is 19.2. The molecule has 186 valence electrons. The second kappa shape index (κ2) is 9.45. The highest BCUT2D eigenvalue weighted by Gasteiger charge is 2.59. The van der Waals surface area contributed by atoms with Crippen LogP contribution in [-0.2, 0) is 0 Å². The summed E-state index contributed by atoms with van der Waals surface area (Å²) in [7, 11) is 0. The van der Waals surface area contributed by atoms with Crippen LogP contribution in [0, 0.1) is 17.7 Å². The van der Waals surface area contributed by atoms with Gasteiger partial charge in [-0.3, -0.25) is 4.79 Å². The summed E-state index contributed by atoms with van der Waals surface area (Å²) in [5, 5.41) is 18.3. The maximum Gasteiger partial charge on any atom is 0.414 e. The van der Waals surface area contributed by atoms with Crippen molar-refractivity contribution in [1.29, 1.82) is 0 Å². The Kier molecular flexibility index (Phi) is 6.35. The molecule has 4 N–H and O–H groups in total. The Hall–Kier alpha value is -3.20. The molecule has 1 heterocycles. The van der Waals surface area contributed by atoms with E-state index in [1.165, 1.54) is 18.2 Å². The van der Waals surface area contributed by atoms with Gasteiger partial charge in [-0.25, -0.2) is 9.18 Å². The van der Waals surface area contributed by atoms with Gasteiger partial charge < -0.3 is 25.8 Å². The maximum absolute atomic E-state index is 13.7. The SMILES string of the molecule is O=C(NC12CC3CC(C1)CC(NC(=O)c1cccc(F)c1)(C3)C2)Oc1cccc(NCCCO)n1. The zero-order valence-electron chi connectivity index (χ0n) is 19.6. The van der Waals surface area contributed by atoms with Crippen molar-refractivity contribution >= 4 is 17.8 Å². The third kappa shape index (κ3) is 5.24. The van der Waals surface area contributed by atoms with E-state index in [2.05, 4.69) is 20.9 Å². The fraction of sp³-hybridized carbons (Fsp3) is 0.500. The van der Waals surface area contributed by atoms with E-state index in [4.69, 9.17) is 9.84 Å². The molecule has 4 fully saturated rings. The molecule has 6 rings (SSSR count). The number of carbonyl (C=O) groups is 2. The Bertz CT molecular complexity index is 1100. The summed E-state index contributed by atoms with van der Waals surface area (Å²) in [5.74, 6) is 0.847. The van der Waals surface area contributed by atoms with E-state index in [1.807, 2.05) is 0 Å². The second-order valence-corrected chi connectivity index (χ2v) is 10.4. The molecule has 8 nitrogen and oxygen atoms in total. The summed E-state index contributed by atoms with van der Waals surface area (Å²) in [6, 6.07) is 10.9. The van der Waals surface area contributed by atoms with Crippen molar-refractivity contribution in [2.75, 3.05) is 18.5 Å². The van der Waals surface area contributed by atoms with Gasteiger partial charge >= 0.3 is 6.09 Å². The number of aliphatic hydroxyl groups excluding tert-OH is 1. The van der Waals surface area contributed by atoms with Crippen LogP contribution in [0.15, 0.2) is 42.5 Å². The fourth-order valence-electron chi connectivity index (χ4n) is 6.70. The molecule has 2 unspecified atom stereocenters. The lowest BCUT2D eigenvalue weighted by Crippen LogP contribution is -2.70. The summed E-state index contributed by atoms with van der Waals surface area (Å²) >= 11 is 0. The number of aromatic nitrogens is 1. The minimum Gasteiger partial charge on any atom is -0.396 e. The van der Waals surface area contributed by atoms with Crippen LogP contribution in [0.4, 0.5) is 15.0 Å². The van der Waals surface area contributed by atoms with E-state index >= 15 is 0 Å². The molecule has 4 saturated carbocycles. The lowest BCUT2D eigenvalue weighted by Gasteiger charge is -2.62. The maximum atomic E-state index is 13.7. The van der Waals surface area contributed by atoms with Crippen molar-refractivity contribution in [3.8, 4) is 5.88 Å². The molecular weight excluding hydrogens is 451 g/mol. The second-order valence-electron chi connectivity index (χ2n) is 10.4. The molecule has 0 aliphatic heterocycles. The molecule has 1 aromatic heterocycles. The van der Waals surface area contributed by atoms with Crippen LogP contribution in [0.25, 0.3) is 0 Å². The van der Waals surface area contributed by atoms with Crippen LogP contribution >= 0.6 is 0 Å². The summed E-state index contributed by atoms with van der Waals surface area (Å²) in [5.41, 5.74) is -0.566. The van der Waals surface area contributed by atoms with Crippen LogP contribution in [0.1, 0.15) is 55.3 Å². The molecule has 2 atom stereocenters. The third-order valence-corrected chi connectivity index (χ3v) is 7.46. The minimum absolute atomic E-state index is 0.0832.